The quantitative estimate of drug-likeness (QED) is 0.841. The number of phenols is 1. The van der Waals surface area contributed by atoms with E-state index in [1.165, 1.54) is 0 Å². The lowest BCUT2D eigenvalue weighted by Gasteiger charge is -2.16. The van der Waals surface area contributed by atoms with Crippen molar-refractivity contribution in [3.63, 3.8) is 0 Å². The zero-order valence-corrected chi connectivity index (χ0v) is 9.25. The zero-order valence-electron chi connectivity index (χ0n) is 7.66. The Kier molecular flexibility index (Phi) is 3.33. The molecule has 1 aromatic carbocycles. The fraction of sp³-hybridized carbons (Fsp3) is 0.400. The van der Waals surface area contributed by atoms with Crippen LogP contribution >= 0.6 is 15.9 Å². The second-order valence-electron chi connectivity index (χ2n) is 3.39. The van der Waals surface area contributed by atoms with Gasteiger partial charge in [0.25, 0.3) is 0 Å². The van der Waals surface area contributed by atoms with Crippen LogP contribution in [0.1, 0.15) is 25.5 Å². The first kappa shape index (κ1) is 10.5. The van der Waals surface area contributed by atoms with E-state index in [-0.39, 0.29) is 11.7 Å². The van der Waals surface area contributed by atoms with Crippen LogP contribution in [-0.2, 0) is 0 Å². The molecule has 0 amide bonds. The average molecular weight is 245 g/mol. The molecule has 0 unspecified atom stereocenters. The lowest BCUT2D eigenvalue weighted by molar-refractivity contribution is 0.126. The highest BCUT2D eigenvalue weighted by Gasteiger charge is 2.15. The molecule has 0 bridgehead atoms. The van der Waals surface area contributed by atoms with Gasteiger partial charge in [0.15, 0.2) is 0 Å². The van der Waals surface area contributed by atoms with Gasteiger partial charge in [0.05, 0.1) is 6.10 Å². The van der Waals surface area contributed by atoms with Gasteiger partial charge in [0, 0.05) is 4.47 Å². The summed E-state index contributed by atoms with van der Waals surface area (Å²) in [5, 5.41) is 19.0. The predicted octanol–water partition coefficient (Wildman–Crippen LogP) is 2.84. The summed E-state index contributed by atoms with van der Waals surface area (Å²) in [5.74, 6) is 0.316. The summed E-state index contributed by atoms with van der Waals surface area (Å²) in [5.41, 5.74) is 0.731. The van der Waals surface area contributed by atoms with Crippen LogP contribution in [-0.4, -0.2) is 10.2 Å². The summed E-state index contributed by atoms with van der Waals surface area (Å²) in [6.07, 6.45) is -0.540. The molecule has 3 heteroatoms. The normalized spacial score (nSPS) is 13.3. The number of hydrogen-bond donors (Lipinski definition) is 2. The summed E-state index contributed by atoms with van der Waals surface area (Å²) in [6.45, 7) is 3.86. The maximum absolute atomic E-state index is 9.76. The Labute approximate surface area is 86.3 Å². The van der Waals surface area contributed by atoms with Crippen LogP contribution < -0.4 is 0 Å². The van der Waals surface area contributed by atoms with Crippen molar-refractivity contribution in [3.05, 3.63) is 28.2 Å². The highest BCUT2D eigenvalue weighted by molar-refractivity contribution is 9.10. The van der Waals surface area contributed by atoms with Crippen molar-refractivity contribution >= 4 is 15.9 Å². The summed E-state index contributed by atoms with van der Waals surface area (Å²) < 4.78 is 0.825. The van der Waals surface area contributed by atoms with Gasteiger partial charge in [-0.1, -0.05) is 29.8 Å². The van der Waals surface area contributed by atoms with Gasteiger partial charge in [-0.3, -0.25) is 0 Å². The number of halogens is 1. The molecule has 1 aromatic rings. The van der Waals surface area contributed by atoms with Crippen molar-refractivity contribution in [2.24, 2.45) is 5.92 Å². The van der Waals surface area contributed by atoms with Gasteiger partial charge in [0.2, 0.25) is 0 Å². The third kappa shape index (κ3) is 2.45. The topological polar surface area (TPSA) is 40.5 Å². The minimum absolute atomic E-state index is 0.137. The molecule has 0 fully saturated rings. The van der Waals surface area contributed by atoms with Crippen molar-refractivity contribution in [2.45, 2.75) is 20.0 Å². The van der Waals surface area contributed by atoms with Gasteiger partial charge in [-0.25, -0.2) is 0 Å². The summed E-state index contributed by atoms with van der Waals surface area (Å²) in [6, 6.07) is 4.89. The van der Waals surface area contributed by atoms with Crippen LogP contribution in [0.15, 0.2) is 22.7 Å². The SMILES string of the molecule is CC(C)[C@H](O)c1cc(O)ccc1Br. The number of aromatic hydroxyl groups is 1. The number of benzene rings is 1. The molecule has 2 N–H and O–H groups in total. The lowest BCUT2D eigenvalue weighted by atomic mass is 9.99. The van der Waals surface area contributed by atoms with E-state index in [1.54, 1.807) is 18.2 Å². The smallest absolute Gasteiger partial charge is 0.116 e. The molecule has 0 saturated heterocycles. The minimum Gasteiger partial charge on any atom is -0.508 e. The molecule has 0 radical (unpaired) electrons. The Morgan fingerprint density at radius 3 is 2.46 bits per heavy atom. The van der Waals surface area contributed by atoms with E-state index >= 15 is 0 Å². The summed E-state index contributed by atoms with van der Waals surface area (Å²) in [4.78, 5) is 0. The first-order chi connectivity index (χ1) is 6.02. The molecule has 0 aromatic heterocycles. The molecule has 1 rings (SSSR count). The molecule has 0 aliphatic heterocycles. The Balaban J connectivity index is 3.05. The van der Waals surface area contributed by atoms with Gasteiger partial charge in [0.1, 0.15) is 5.75 Å². The fourth-order valence-corrected chi connectivity index (χ4v) is 1.60. The number of rotatable bonds is 2. The van der Waals surface area contributed by atoms with Crippen LogP contribution in [0.2, 0.25) is 0 Å². The third-order valence-corrected chi connectivity index (χ3v) is 2.65. The van der Waals surface area contributed by atoms with Crippen LogP contribution in [0.5, 0.6) is 5.75 Å². The van der Waals surface area contributed by atoms with Gasteiger partial charge in [-0.2, -0.15) is 0 Å². The van der Waals surface area contributed by atoms with E-state index in [4.69, 9.17) is 0 Å². The largest absolute Gasteiger partial charge is 0.508 e. The number of phenolic OH excluding ortho intramolecular Hbond substituents is 1. The van der Waals surface area contributed by atoms with Crippen LogP contribution in [0.25, 0.3) is 0 Å². The maximum atomic E-state index is 9.76. The Morgan fingerprint density at radius 2 is 1.92 bits per heavy atom. The fourth-order valence-electron chi connectivity index (χ4n) is 1.12. The third-order valence-electron chi connectivity index (χ3n) is 1.93. The van der Waals surface area contributed by atoms with E-state index in [9.17, 15) is 10.2 Å². The number of aliphatic hydroxyl groups is 1. The predicted molar refractivity (Wildman–Crippen MR) is 55.6 cm³/mol. The van der Waals surface area contributed by atoms with E-state index < -0.39 is 6.10 Å². The monoisotopic (exact) mass is 244 g/mol. The molecule has 0 spiro atoms. The van der Waals surface area contributed by atoms with Crippen LogP contribution in [0.3, 0.4) is 0 Å². The highest BCUT2D eigenvalue weighted by atomic mass is 79.9. The van der Waals surface area contributed by atoms with Crippen molar-refractivity contribution < 1.29 is 10.2 Å². The first-order valence-corrected chi connectivity index (χ1v) is 4.98. The summed E-state index contributed by atoms with van der Waals surface area (Å²) in [7, 11) is 0. The average Bonchev–Trinajstić information content (AvgIpc) is 2.08. The molecule has 2 nitrogen and oxygen atoms in total. The molecule has 0 aliphatic rings. The van der Waals surface area contributed by atoms with E-state index in [1.807, 2.05) is 13.8 Å². The molecule has 13 heavy (non-hydrogen) atoms. The second-order valence-corrected chi connectivity index (χ2v) is 4.25. The second kappa shape index (κ2) is 4.11. The molecule has 0 aliphatic carbocycles. The standard InChI is InChI=1S/C10H13BrO2/c1-6(2)10(13)8-5-7(12)3-4-9(8)11/h3-6,10,12-13H,1-2H3/t10-/m0/s1. The van der Waals surface area contributed by atoms with E-state index in [2.05, 4.69) is 15.9 Å². The molecular weight excluding hydrogens is 232 g/mol. The van der Waals surface area contributed by atoms with Crippen LogP contribution in [0, 0.1) is 5.92 Å². The van der Waals surface area contributed by atoms with Gasteiger partial charge in [-0.15, -0.1) is 0 Å². The summed E-state index contributed by atoms with van der Waals surface area (Å²) >= 11 is 3.33. The first-order valence-electron chi connectivity index (χ1n) is 4.19. The molecule has 1 atom stereocenters. The van der Waals surface area contributed by atoms with Crippen molar-refractivity contribution in [1.82, 2.24) is 0 Å². The maximum Gasteiger partial charge on any atom is 0.116 e. The molecule has 72 valence electrons. The Morgan fingerprint density at radius 1 is 1.31 bits per heavy atom. The van der Waals surface area contributed by atoms with E-state index in [0.717, 1.165) is 10.0 Å². The van der Waals surface area contributed by atoms with Crippen molar-refractivity contribution in [3.8, 4) is 5.75 Å². The van der Waals surface area contributed by atoms with Crippen molar-refractivity contribution in [2.75, 3.05) is 0 Å². The molecular formula is C10H13BrO2. The van der Waals surface area contributed by atoms with E-state index in [0.29, 0.717) is 0 Å². The van der Waals surface area contributed by atoms with Crippen molar-refractivity contribution in [1.29, 1.82) is 0 Å². The Hall–Kier alpha value is -0.540. The van der Waals surface area contributed by atoms with Gasteiger partial charge in [-0.05, 0) is 29.7 Å². The van der Waals surface area contributed by atoms with Crippen LogP contribution in [0.4, 0.5) is 0 Å². The highest BCUT2D eigenvalue weighted by Crippen LogP contribution is 2.30. The number of aliphatic hydroxyl groups excluding tert-OH is 1. The lowest BCUT2D eigenvalue weighted by Crippen LogP contribution is -2.05. The molecule has 0 saturated carbocycles. The zero-order chi connectivity index (χ0) is 10.0. The number of hydrogen-bond acceptors (Lipinski definition) is 2. The molecule has 0 heterocycles. The van der Waals surface area contributed by atoms with Gasteiger partial charge >= 0.3 is 0 Å². The Bertz CT molecular complexity index is 297. The van der Waals surface area contributed by atoms with Gasteiger partial charge < -0.3 is 10.2 Å². The minimum atomic E-state index is -0.540.